The first kappa shape index (κ1) is 37.8. The topological polar surface area (TPSA) is 124 Å². The predicted molar refractivity (Wildman–Crippen MR) is 176 cm³/mol. The average molecular weight is 607 g/mol. The summed E-state index contributed by atoms with van der Waals surface area (Å²) >= 11 is 0. The number of hydrogen-bond donors (Lipinski definition) is 2. The SMILES string of the molecule is CC/C=C\C/C=C\C/C=C\C/C=C\C/C=C\C/C=C\CCC(=O)NCCCCC(NC(=O)c1c[n+]([O-])c(C)cn1)C(=O)OC. The third-order valence-electron chi connectivity index (χ3n) is 6.38. The summed E-state index contributed by atoms with van der Waals surface area (Å²) in [5.74, 6) is -1.24. The van der Waals surface area contributed by atoms with Gasteiger partial charge in [-0.15, -0.1) is 0 Å². The van der Waals surface area contributed by atoms with Crippen LogP contribution in [0, 0.1) is 12.1 Å². The van der Waals surface area contributed by atoms with Crippen LogP contribution in [0.2, 0.25) is 0 Å². The molecule has 0 bridgehead atoms. The summed E-state index contributed by atoms with van der Waals surface area (Å²) in [6.45, 7) is 4.19. The van der Waals surface area contributed by atoms with Gasteiger partial charge in [-0.05, 0) is 64.2 Å². The molecule has 44 heavy (non-hydrogen) atoms. The quantitative estimate of drug-likeness (QED) is 0.0544. The van der Waals surface area contributed by atoms with E-state index in [1.165, 1.54) is 13.3 Å². The molecule has 1 aromatic rings. The Morgan fingerprint density at radius 2 is 1.43 bits per heavy atom. The lowest BCUT2D eigenvalue weighted by atomic mass is 10.1. The fraction of sp³-hybridized carbons (Fsp3) is 0.457. The third-order valence-corrected chi connectivity index (χ3v) is 6.38. The highest BCUT2D eigenvalue weighted by atomic mass is 16.5. The highest BCUT2D eigenvalue weighted by Crippen LogP contribution is 2.05. The lowest BCUT2D eigenvalue weighted by Crippen LogP contribution is -2.43. The summed E-state index contributed by atoms with van der Waals surface area (Å²) in [7, 11) is 1.25. The van der Waals surface area contributed by atoms with E-state index in [1.54, 1.807) is 6.92 Å². The van der Waals surface area contributed by atoms with E-state index < -0.39 is 17.9 Å². The molecule has 0 aliphatic heterocycles. The zero-order chi connectivity index (χ0) is 32.3. The molecule has 1 unspecified atom stereocenters. The Morgan fingerprint density at radius 1 is 0.886 bits per heavy atom. The number of carbonyl (C=O) groups excluding carboxylic acids is 3. The molecule has 0 aliphatic carbocycles. The number of esters is 1. The van der Waals surface area contributed by atoms with Crippen molar-refractivity contribution < 1.29 is 23.9 Å². The molecule has 9 nitrogen and oxygen atoms in total. The van der Waals surface area contributed by atoms with Crippen LogP contribution in [0.15, 0.2) is 85.3 Å². The number of amides is 2. The highest BCUT2D eigenvalue weighted by Gasteiger charge is 2.23. The van der Waals surface area contributed by atoms with Crippen molar-refractivity contribution in [3.8, 4) is 0 Å². The fourth-order valence-electron chi connectivity index (χ4n) is 3.85. The number of aryl methyl sites for hydroxylation is 1. The molecule has 0 aromatic carbocycles. The van der Waals surface area contributed by atoms with Gasteiger partial charge in [0, 0.05) is 19.9 Å². The van der Waals surface area contributed by atoms with Crippen LogP contribution in [0.1, 0.15) is 93.7 Å². The van der Waals surface area contributed by atoms with Crippen molar-refractivity contribution in [1.82, 2.24) is 15.6 Å². The summed E-state index contributed by atoms with van der Waals surface area (Å²) in [5, 5.41) is 17.2. The summed E-state index contributed by atoms with van der Waals surface area (Å²) in [5.41, 5.74) is 0.268. The number of aromatic nitrogens is 2. The van der Waals surface area contributed by atoms with E-state index in [-0.39, 0.29) is 11.6 Å². The average Bonchev–Trinajstić information content (AvgIpc) is 3.02. The minimum atomic E-state index is -0.875. The van der Waals surface area contributed by atoms with Crippen molar-refractivity contribution in [1.29, 1.82) is 0 Å². The smallest absolute Gasteiger partial charge is 0.328 e. The van der Waals surface area contributed by atoms with Crippen molar-refractivity contribution in [3.63, 3.8) is 0 Å². The van der Waals surface area contributed by atoms with E-state index in [1.807, 2.05) is 6.08 Å². The second-order valence-corrected chi connectivity index (χ2v) is 10.1. The molecule has 0 fully saturated rings. The molecule has 0 saturated carbocycles. The van der Waals surface area contributed by atoms with Gasteiger partial charge in [0.25, 0.3) is 5.91 Å². The summed E-state index contributed by atoms with van der Waals surface area (Å²) < 4.78 is 5.33. The predicted octanol–water partition coefficient (Wildman–Crippen LogP) is 6.06. The number of unbranched alkanes of at least 4 members (excludes halogenated alkanes) is 1. The maximum Gasteiger partial charge on any atom is 0.328 e. The number of ether oxygens (including phenoxy) is 1. The molecule has 240 valence electrons. The van der Waals surface area contributed by atoms with Crippen molar-refractivity contribution in [2.45, 2.75) is 90.5 Å². The van der Waals surface area contributed by atoms with Crippen LogP contribution >= 0.6 is 0 Å². The number of hydrogen-bond acceptors (Lipinski definition) is 6. The van der Waals surface area contributed by atoms with Gasteiger partial charge in [-0.3, -0.25) is 9.59 Å². The Morgan fingerprint density at radius 3 is 1.95 bits per heavy atom. The van der Waals surface area contributed by atoms with Crippen LogP contribution in [-0.4, -0.2) is 42.5 Å². The van der Waals surface area contributed by atoms with Gasteiger partial charge in [-0.1, -0.05) is 79.8 Å². The van der Waals surface area contributed by atoms with E-state index in [9.17, 15) is 19.6 Å². The molecule has 0 aliphatic rings. The monoisotopic (exact) mass is 606 g/mol. The van der Waals surface area contributed by atoms with Crippen molar-refractivity contribution in [3.05, 3.63) is 102 Å². The second kappa shape index (κ2) is 25.2. The summed E-state index contributed by atoms with van der Waals surface area (Å²) in [4.78, 5) is 40.5. The minimum Gasteiger partial charge on any atom is -0.618 e. The number of nitrogens with one attached hydrogen (secondary N) is 2. The van der Waals surface area contributed by atoms with E-state index in [2.05, 4.69) is 89.4 Å². The van der Waals surface area contributed by atoms with Crippen LogP contribution in [0.25, 0.3) is 0 Å². The molecule has 1 heterocycles. The van der Waals surface area contributed by atoms with Crippen LogP contribution in [0.4, 0.5) is 0 Å². The molecular formula is C35H50N4O5. The van der Waals surface area contributed by atoms with E-state index in [0.29, 0.717) is 49.1 Å². The second-order valence-electron chi connectivity index (χ2n) is 10.1. The molecule has 1 atom stereocenters. The minimum absolute atomic E-state index is 0.0290. The Labute approximate surface area is 263 Å². The van der Waals surface area contributed by atoms with Gasteiger partial charge in [-0.2, -0.15) is 4.73 Å². The number of nitrogens with zero attached hydrogens (tertiary/aromatic N) is 2. The normalized spacial score (nSPS) is 12.8. The zero-order valence-corrected chi connectivity index (χ0v) is 26.6. The lowest BCUT2D eigenvalue weighted by molar-refractivity contribution is -0.613. The van der Waals surface area contributed by atoms with E-state index in [0.717, 1.165) is 44.7 Å². The first-order valence-electron chi connectivity index (χ1n) is 15.5. The van der Waals surface area contributed by atoms with Crippen LogP contribution in [0.3, 0.4) is 0 Å². The maximum atomic E-state index is 12.4. The van der Waals surface area contributed by atoms with Crippen LogP contribution in [-0.2, 0) is 14.3 Å². The van der Waals surface area contributed by atoms with Crippen LogP contribution in [0.5, 0.6) is 0 Å². The Bertz CT molecular complexity index is 1170. The first-order chi connectivity index (χ1) is 21.4. The van der Waals surface area contributed by atoms with Gasteiger partial charge in [0.2, 0.25) is 17.8 Å². The van der Waals surface area contributed by atoms with Crippen molar-refractivity contribution in [2.75, 3.05) is 13.7 Å². The van der Waals surface area contributed by atoms with Gasteiger partial charge in [0.05, 0.1) is 13.3 Å². The van der Waals surface area contributed by atoms with Gasteiger partial charge in [0.15, 0.2) is 5.69 Å². The molecular weight excluding hydrogens is 556 g/mol. The number of carbonyl (C=O) groups is 3. The van der Waals surface area contributed by atoms with E-state index >= 15 is 0 Å². The highest BCUT2D eigenvalue weighted by molar-refractivity contribution is 5.94. The molecule has 1 aromatic heterocycles. The van der Waals surface area contributed by atoms with Gasteiger partial charge in [0.1, 0.15) is 6.04 Å². The molecule has 2 N–H and O–H groups in total. The molecule has 2 amide bonds. The standard InChI is InChI=1S/C35H50N4O5/c1-4-5-6-7-8-9-10-11-12-13-14-15-16-17-18-19-20-21-22-26-33(40)36-27-24-23-25-31(35(42)44-3)38-34(41)32-29-39(43)30(2)28-37-32/h5-6,8-9,11-12,14-15,17-18,20-21,28-29,31H,4,7,10,13,16,19,22-27H2,1-3H3,(H,36,40)(H,38,41)/b6-5-,9-8-,12-11-,15-14-,18-17-,21-20-. The number of rotatable bonds is 22. The maximum absolute atomic E-state index is 12.4. The fourth-order valence-corrected chi connectivity index (χ4v) is 3.85. The van der Waals surface area contributed by atoms with Gasteiger partial charge < -0.3 is 20.6 Å². The molecule has 1 rings (SSSR count). The van der Waals surface area contributed by atoms with Gasteiger partial charge in [-0.25, -0.2) is 9.78 Å². The summed E-state index contributed by atoms with van der Waals surface area (Å²) in [6, 6.07) is -0.875. The van der Waals surface area contributed by atoms with Gasteiger partial charge >= 0.3 is 5.97 Å². The Kier molecular flexibility index (Phi) is 21.7. The Balaban J connectivity index is 2.13. The van der Waals surface area contributed by atoms with Crippen molar-refractivity contribution >= 4 is 17.8 Å². The molecule has 9 heteroatoms. The van der Waals surface area contributed by atoms with E-state index in [4.69, 9.17) is 4.74 Å². The number of methoxy groups -OCH3 is 1. The van der Waals surface area contributed by atoms with Crippen LogP contribution < -0.4 is 15.4 Å². The molecule has 0 spiro atoms. The van der Waals surface area contributed by atoms with Crippen molar-refractivity contribution in [2.24, 2.45) is 0 Å². The lowest BCUT2D eigenvalue weighted by Gasteiger charge is -2.16. The summed E-state index contributed by atoms with van der Waals surface area (Å²) in [6.07, 6.45) is 36.6. The molecule has 0 saturated heterocycles. The molecule has 0 radical (unpaired) electrons. The third kappa shape index (κ3) is 19.0. The zero-order valence-electron chi connectivity index (χ0n) is 26.6. The largest absolute Gasteiger partial charge is 0.618 e. The number of allylic oxidation sites excluding steroid dienone is 12. The Hall–Kier alpha value is -4.27. The first-order valence-corrected chi connectivity index (χ1v) is 15.5.